The Morgan fingerprint density at radius 2 is 2.00 bits per heavy atom. The minimum atomic E-state index is -0.308. The zero-order chi connectivity index (χ0) is 19.8. The molecule has 8 heteroatoms. The molecule has 5 rings (SSSR count). The number of rotatable bonds is 3. The highest BCUT2D eigenvalue weighted by Gasteiger charge is 2.30. The molecule has 1 amide bonds. The summed E-state index contributed by atoms with van der Waals surface area (Å²) in [6.07, 6.45) is 7.04. The molecular formula is C21H20N6O2. The van der Waals surface area contributed by atoms with Crippen LogP contribution in [0.5, 0.6) is 0 Å². The van der Waals surface area contributed by atoms with Gasteiger partial charge in [0.25, 0.3) is 5.91 Å². The molecule has 0 bridgehead atoms. The van der Waals surface area contributed by atoms with Gasteiger partial charge in [-0.15, -0.1) is 5.10 Å². The molecule has 1 unspecified atom stereocenters. The maximum absolute atomic E-state index is 12.9. The van der Waals surface area contributed by atoms with Crippen molar-refractivity contribution in [3.05, 3.63) is 72.6 Å². The molecule has 0 aromatic carbocycles. The number of carbonyl (C=O) groups excluding carboxylic acids is 1. The van der Waals surface area contributed by atoms with Crippen LogP contribution in [0.25, 0.3) is 16.6 Å². The van der Waals surface area contributed by atoms with E-state index >= 15 is 0 Å². The first-order valence-electron chi connectivity index (χ1n) is 9.48. The Morgan fingerprint density at radius 3 is 2.79 bits per heavy atom. The van der Waals surface area contributed by atoms with Crippen molar-refractivity contribution in [1.29, 1.82) is 0 Å². The lowest BCUT2D eigenvalue weighted by atomic mass is 10.1. The fourth-order valence-electron chi connectivity index (χ4n) is 3.70. The average molecular weight is 388 g/mol. The molecule has 1 aliphatic heterocycles. The topological polar surface area (TPSA) is 77.5 Å². The summed E-state index contributed by atoms with van der Waals surface area (Å²) in [5.41, 5.74) is 4.38. The number of carbonyl (C=O) groups is 1. The molecule has 146 valence electrons. The van der Waals surface area contributed by atoms with Crippen molar-refractivity contribution in [2.75, 3.05) is 19.7 Å². The molecule has 0 saturated carbocycles. The molecule has 0 N–H and O–H groups in total. The van der Waals surface area contributed by atoms with Crippen LogP contribution in [0.1, 0.15) is 22.3 Å². The Morgan fingerprint density at radius 1 is 1.14 bits per heavy atom. The Kier molecular flexibility index (Phi) is 4.33. The molecule has 0 radical (unpaired) electrons. The molecule has 4 aromatic heterocycles. The summed E-state index contributed by atoms with van der Waals surface area (Å²) in [5, 5.41) is 8.64. The standard InChI is InChI=1S/C21H20N6O2/c1-25-10-2-3-18(25)21(28)26-11-12-29-19(14-26)20-17-5-4-16(13-27(17)24-23-20)15-6-8-22-9-7-15/h2-10,13,19H,11-12,14H2,1H3. The summed E-state index contributed by atoms with van der Waals surface area (Å²) >= 11 is 0. The van der Waals surface area contributed by atoms with Gasteiger partial charge in [-0.25, -0.2) is 4.52 Å². The molecule has 0 spiro atoms. The third kappa shape index (κ3) is 3.17. The number of ether oxygens (including phenoxy) is 1. The average Bonchev–Trinajstić information content (AvgIpc) is 3.39. The highest BCUT2D eigenvalue weighted by Crippen LogP contribution is 2.27. The third-order valence-corrected chi connectivity index (χ3v) is 5.28. The smallest absolute Gasteiger partial charge is 0.270 e. The van der Waals surface area contributed by atoms with Gasteiger partial charge in [-0.2, -0.15) is 0 Å². The molecule has 29 heavy (non-hydrogen) atoms. The van der Waals surface area contributed by atoms with Crippen LogP contribution in [-0.4, -0.2) is 54.9 Å². The van der Waals surface area contributed by atoms with Gasteiger partial charge in [0.05, 0.1) is 18.7 Å². The van der Waals surface area contributed by atoms with Gasteiger partial charge < -0.3 is 14.2 Å². The molecular weight excluding hydrogens is 368 g/mol. The number of hydrogen-bond donors (Lipinski definition) is 0. The highest BCUT2D eigenvalue weighted by atomic mass is 16.5. The lowest BCUT2D eigenvalue weighted by molar-refractivity contribution is -0.0244. The lowest BCUT2D eigenvalue weighted by Gasteiger charge is -2.32. The zero-order valence-electron chi connectivity index (χ0n) is 16.0. The van der Waals surface area contributed by atoms with Crippen LogP contribution >= 0.6 is 0 Å². The zero-order valence-corrected chi connectivity index (χ0v) is 16.0. The quantitative estimate of drug-likeness (QED) is 0.538. The third-order valence-electron chi connectivity index (χ3n) is 5.28. The maximum Gasteiger partial charge on any atom is 0.270 e. The summed E-state index contributed by atoms with van der Waals surface area (Å²) in [6.45, 7) is 1.48. The van der Waals surface area contributed by atoms with Gasteiger partial charge in [0.1, 0.15) is 17.5 Å². The van der Waals surface area contributed by atoms with Crippen molar-refractivity contribution in [2.24, 2.45) is 7.05 Å². The summed E-state index contributed by atoms with van der Waals surface area (Å²) in [6, 6.07) is 11.6. The van der Waals surface area contributed by atoms with Crippen LogP contribution in [0, 0.1) is 0 Å². The second-order valence-electron chi connectivity index (χ2n) is 7.07. The van der Waals surface area contributed by atoms with Gasteiger partial charge in [0.2, 0.25) is 0 Å². The van der Waals surface area contributed by atoms with Crippen LogP contribution in [-0.2, 0) is 11.8 Å². The Labute approximate surface area is 167 Å². The number of aryl methyl sites for hydroxylation is 1. The summed E-state index contributed by atoms with van der Waals surface area (Å²) in [7, 11) is 1.87. The van der Waals surface area contributed by atoms with Crippen LogP contribution in [0.2, 0.25) is 0 Å². The lowest BCUT2D eigenvalue weighted by Crippen LogP contribution is -2.43. The van der Waals surface area contributed by atoms with Gasteiger partial charge in [-0.3, -0.25) is 9.78 Å². The summed E-state index contributed by atoms with van der Waals surface area (Å²) in [5.74, 6) is 0.00208. The molecule has 1 saturated heterocycles. The second kappa shape index (κ2) is 7.14. The molecule has 1 fully saturated rings. The Bertz CT molecular complexity index is 1170. The molecule has 1 aliphatic rings. The Hall–Kier alpha value is -3.52. The van der Waals surface area contributed by atoms with Gasteiger partial charge in [-0.1, -0.05) is 11.3 Å². The molecule has 8 nitrogen and oxygen atoms in total. The number of aromatic nitrogens is 5. The largest absolute Gasteiger partial charge is 0.368 e. The van der Waals surface area contributed by atoms with E-state index < -0.39 is 0 Å². The van der Waals surface area contributed by atoms with Gasteiger partial charge in [0, 0.05) is 43.9 Å². The van der Waals surface area contributed by atoms with Crippen molar-refractivity contribution in [3.63, 3.8) is 0 Å². The van der Waals surface area contributed by atoms with Crippen LogP contribution in [0.4, 0.5) is 0 Å². The fourth-order valence-corrected chi connectivity index (χ4v) is 3.70. The number of fused-ring (bicyclic) bond motifs is 1. The van der Waals surface area contributed by atoms with E-state index in [0.717, 1.165) is 22.3 Å². The van der Waals surface area contributed by atoms with Gasteiger partial charge in [0.15, 0.2) is 0 Å². The number of amides is 1. The molecule has 4 aromatic rings. The van der Waals surface area contributed by atoms with Crippen LogP contribution in [0.3, 0.4) is 0 Å². The van der Waals surface area contributed by atoms with Crippen molar-refractivity contribution >= 4 is 11.4 Å². The monoisotopic (exact) mass is 388 g/mol. The number of pyridine rings is 2. The summed E-state index contributed by atoms with van der Waals surface area (Å²) in [4.78, 5) is 18.7. The molecule has 5 heterocycles. The van der Waals surface area contributed by atoms with Gasteiger partial charge >= 0.3 is 0 Å². The van der Waals surface area contributed by atoms with E-state index in [9.17, 15) is 4.79 Å². The minimum absolute atomic E-state index is 0.00208. The normalized spacial score (nSPS) is 17.0. The van der Waals surface area contributed by atoms with E-state index in [0.29, 0.717) is 25.4 Å². The predicted molar refractivity (Wildman–Crippen MR) is 106 cm³/mol. The van der Waals surface area contributed by atoms with E-state index in [1.165, 1.54) is 0 Å². The van der Waals surface area contributed by atoms with Crippen molar-refractivity contribution in [2.45, 2.75) is 6.10 Å². The first kappa shape index (κ1) is 17.6. The van der Waals surface area contributed by atoms with Crippen molar-refractivity contribution in [1.82, 2.24) is 29.3 Å². The molecule has 0 aliphatic carbocycles. The van der Waals surface area contributed by atoms with E-state index in [-0.39, 0.29) is 12.0 Å². The van der Waals surface area contributed by atoms with E-state index in [2.05, 4.69) is 15.3 Å². The first-order chi connectivity index (χ1) is 14.2. The van der Waals surface area contributed by atoms with Crippen molar-refractivity contribution < 1.29 is 9.53 Å². The second-order valence-corrected chi connectivity index (χ2v) is 7.07. The Balaban J connectivity index is 1.42. The fraction of sp³-hybridized carbons (Fsp3) is 0.238. The highest BCUT2D eigenvalue weighted by molar-refractivity contribution is 5.92. The van der Waals surface area contributed by atoms with Gasteiger partial charge in [-0.05, 0) is 35.9 Å². The predicted octanol–water partition coefficient (Wildman–Crippen LogP) is 2.34. The number of morpholine rings is 1. The van der Waals surface area contributed by atoms with Crippen molar-refractivity contribution in [3.8, 4) is 11.1 Å². The van der Waals surface area contributed by atoms with E-state index in [1.807, 2.05) is 65.3 Å². The van der Waals surface area contributed by atoms with Crippen LogP contribution < -0.4 is 0 Å². The summed E-state index contributed by atoms with van der Waals surface area (Å²) < 4.78 is 9.54. The first-order valence-corrected chi connectivity index (χ1v) is 9.48. The van der Waals surface area contributed by atoms with E-state index in [4.69, 9.17) is 4.74 Å². The number of nitrogens with zero attached hydrogens (tertiary/aromatic N) is 6. The number of hydrogen-bond acceptors (Lipinski definition) is 5. The SMILES string of the molecule is Cn1cccc1C(=O)N1CCOC(c2nnn3cc(-c4ccncc4)ccc23)C1. The maximum atomic E-state index is 12.9. The molecule has 1 atom stereocenters. The van der Waals surface area contributed by atoms with E-state index in [1.54, 1.807) is 16.9 Å². The van der Waals surface area contributed by atoms with Crippen LogP contribution in [0.15, 0.2) is 61.2 Å². The minimum Gasteiger partial charge on any atom is -0.368 e.